The van der Waals surface area contributed by atoms with Gasteiger partial charge in [0.05, 0.1) is 0 Å². The van der Waals surface area contributed by atoms with Gasteiger partial charge in [0.25, 0.3) is 5.91 Å². The zero-order valence-electron chi connectivity index (χ0n) is 20.8. The van der Waals surface area contributed by atoms with Crippen molar-refractivity contribution in [3.63, 3.8) is 0 Å². The van der Waals surface area contributed by atoms with Crippen LogP contribution in [0.3, 0.4) is 0 Å². The standard InChI is InChI=1S/C29H33ClN2O3/c1-20(2)31-29(34)27(17-23-8-6-5-7-9-23)32(18-24-12-10-21(3)11-13-24)28(33)19-35-25-14-15-26(30)22(4)16-25/h5-16,20,27H,17-19H2,1-4H3,(H,31,34)/t27-/m1/s1. The zero-order valence-corrected chi connectivity index (χ0v) is 21.5. The summed E-state index contributed by atoms with van der Waals surface area (Å²) < 4.78 is 5.82. The number of nitrogens with zero attached hydrogens (tertiary/aromatic N) is 1. The number of carbonyl (C=O) groups excluding carboxylic acids is 2. The summed E-state index contributed by atoms with van der Waals surface area (Å²) in [5.41, 5.74) is 3.92. The van der Waals surface area contributed by atoms with Gasteiger partial charge in [0.2, 0.25) is 5.91 Å². The van der Waals surface area contributed by atoms with Gasteiger partial charge in [-0.1, -0.05) is 71.8 Å². The average Bonchev–Trinajstić information content (AvgIpc) is 2.83. The van der Waals surface area contributed by atoms with E-state index in [9.17, 15) is 9.59 Å². The number of hydrogen-bond donors (Lipinski definition) is 1. The molecule has 3 aromatic carbocycles. The second-order valence-electron chi connectivity index (χ2n) is 9.08. The highest BCUT2D eigenvalue weighted by atomic mass is 35.5. The van der Waals surface area contributed by atoms with Gasteiger partial charge >= 0.3 is 0 Å². The van der Waals surface area contributed by atoms with Gasteiger partial charge in [0, 0.05) is 24.0 Å². The molecule has 2 amide bonds. The maximum absolute atomic E-state index is 13.6. The SMILES string of the molecule is Cc1ccc(CN(C(=O)COc2ccc(Cl)c(C)c2)[C@H](Cc2ccccc2)C(=O)NC(C)C)cc1. The Labute approximate surface area is 213 Å². The molecular formula is C29H33ClN2O3. The van der Waals surface area contributed by atoms with E-state index in [4.69, 9.17) is 16.3 Å². The van der Waals surface area contributed by atoms with E-state index in [1.807, 2.05) is 82.3 Å². The Balaban J connectivity index is 1.90. The highest BCUT2D eigenvalue weighted by Crippen LogP contribution is 2.22. The zero-order chi connectivity index (χ0) is 25.4. The molecular weight excluding hydrogens is 460 g/mol. The first-order valence-corrected chi connectivity index (χ1v) is 12.2. The lowest BCUT2D eigenvalue weighted by Gasteiger charge is -2.32. The van der Waals surface area contributed by atoms with E-state index in [0.717, 1.165) is 22.3 Å². The van der Waals surface area contributed by atoms with Crippen LogP contribution in [0.15, 0.2) is 72.8 Å². The molecule has 1 N–H and O–H groups in total. The van der Waals surface area contributed by atoms with Gasteiger partial charge in [-0.15, -0.1) is 0 Å². The maximum atomic E-state index is 13.6. The molecule has 0 unspecified atom stereocenters. The molecule has 35 heavy (non-hydrogen) atoms. The van der Waals surface area contributed by atoms with Crippen LogP contribution in [0, 0.1) is 13.8 Å². The molecule has 0 aliphatic rings. The molecule has 0 bridgehead atoms. The van der Waals surface area contributed by atoms with Crippen LogP contribution in [0.4, 0.5) is 0 Å². The van der Waals surface area contributed by atoms with Crippen molar-refractivity contribution in [2.45, 2.75) is 52.7 Å². The van der Waals surface area contributed by atoms with Gasteiger partial charge in [-0.25, -0.2) is 0 Å². The van der Waals surface area contributed by atoms with Gasteiger partial charge in [-0.2, -0.15) is 0 Å². The van der Waals surface area contributed by atoms with Gasteiger partial charge in [0.1, 0.15) is 11.8 Å². The van der Waals surface area contributed by atoms with Gasteiger partial charge in [0.15, 0.2) is 6.61 Å². The Hall–Kier alpha value is -3.31. The topological polar surface area (TPSA) is 58.6 Å². The van der Waals surface area contributed by atoms with Crippen LogP contribution >= 0.6 is 11.6 Å². The lowest BCUT2D eigenvalue weighted by molar-refractivity contribution is -0.143. The lowest BCUT2D eigenvalue weighted by atomic mass is 10.0. The number of rotatable bonds is 10. The van der Waals surface area contributed by atoms with E-state index in [1.54, 1.807) is 23.1 Å². The van der Waals surface area contributed by atoms with E-state index in [1.165, 1.54) is 0 Å². The van der Waals surface area contributed by atoms with Crippen molar-refractivity contribution < 1.29 is 14.3 Å². The van der Waals surface area contributed by atoms with E-state index < -0.39 is 6.04 Å². The molecule has 0 saturated heterocycles. The van der Waals surface area contributed by atoms with Crippen molar-refractivity contribution in [3.8, 4) is 5.75 Å². The molecule has 0 radical (unpaired) electrons. The van der Waals surface area contributed by atoms with Gasteiger partial charge in [-0.3, -0.25) is 9.59 Å². The summed E-state index contributed by atoms with van der Waals surface area (Å²) in [5, 5.41) is 3.63. The normalized spacial score (nSPS) is 11.7. The molecule has 0 aromatic heterocycles. The quantitative estimate of drug-likeness (QED) is 0.406. The third kappa shape index (κ3) is 7.86. The van der Waals surface area contributed by atoms with Crippen molar-refractivity contribution >= 4 is 23.4 Å². The number of aryl methyl sites for hydroxylation is 2. The first-order chi connectivity index (χ1) is 16.7. The molecule has 0 aliphatic heterocycles. The van der Waals surface area contributed by atoms with Crippen LogP contribution < -0.4 is 10.1 Å². The average molecular weight is 493 g/mol. The van der Waals surface area contributed by atoms with Crippen LogP contribution in [0.1, 0.15) is 36.1 Å². The minimum Gasteiger partial charge on any atom is -0.484 e. The van der Waals surface area contributed by atoms with E-state index >= 15 is 0 Å². The fraction of sp³-hybridized carbons (Fsp3) is 0.310. The molecule has 5 nitrogen and oxygen atoms in total. The summed E-state index contributed by atoms with van der Waals surface area (Å²) in [6.07, 6.45) is 0.400. The molecule has 1 atom stereocenters. The minimum absolute atomic E-state index is 0.0506. The first-order valence-electron chi connectivity index (χ1n) is 11.8. The first kappa shape index (κ1) is 26.3. The Morgan fingerprint density at radius 2 is 1.63 bits per heavy atom. The van der Waals surface area contributed by atoms with E-state index in [2.05, 4.69) is 5.32 Å². The summed E-state index contributed by atoms with van der Waals surface area (Å²) in [6, 6.07) is 22.3. The Morgan fingerprint density at radius 1 is 0.943 bits per heavy atom. The fourth-order valence-corrected chi connectivity index (χ4v) is 3.88. The van der Waals surface area contributed by atoms with Crippen molar-refractivity contribution in [3.05, 3.63) is 100 Å². The molecule has 0 fully saturated rings. The fourth-order valence-electron chi connectivity index (χ4n) is 3.76. The van der Waals surface area contributed by atoms with Crippen LogP contribution in [0.25, 0.3) is 0 Å². The molecule has 0 aliphatic carbocycles. The molecule has 0 heterocycles. The third-order valence-corrected chi connectivity index (χ3v) is 6.09. The number of benzene rings is 3. The van der Waals surface area contributed by atoms with Gasteiger partial charge in [-0.05, 0) is 62.6 Å². The van der Waals surface area contributed by atoms with Crippen molar-refractivity contribution in [1.82, 2.24) is 10.2 Å². The second kappa shape index (κ2) is 12.4. The number of halogens is 1. The Morgan fingerprint density at radius 3 is 2.26 bits per heavy atom. The molecule has 0 spiro atoms. The highest BCUT2D eigenvalue weighted by Gasteiger charge is 2.31. The molecule has 3 aromatic rings. The number of amides is 2. The van der Waals surface area contributed by atoms with Crippen molar-refractivity contribution in [2.75, 3.05) is 6.61 Å². The highest BCUT2D eigenvalue weighted by molar-refractivity contribution is 6.31. The number of carbonyl (C=O) groups is 2. The Kier molecular flexibility index (Phi) is 9.32. The predicted molar refractivity (Wildman–Crippen MR) is 141 cm³/mol. The largest absolute Gasteiger partial charge is 0.484 e. The number of ether oxygens (including phenoxy) is 1. The second-order valence-corrected chi connectivity index (χ2v) is 9.48. The molecule has 0 saturated carbocycles. The van der Waals surface area contributed by atoms with Crippen molar-refractivity contribution in [1.29, 1.82) is 0 Å². The smallest absolute Gasteiger partial charge is 0.261 e. The molecule has 6 heteroatoms. The van der Waals surface area contributed by atoms with Crippen LogP contribution in [0.5, 0.6) is 5.75 Å². The van der Waals surface area contributed by atoms with Crippen LogP contribution in [-0.4, -0.2) is 35.4 Å². The maximum Gasteiger partial charge on any atom is 0.261 e. The number of hydrogen-bond acceptors (Lipinski definition) is 3. The summed E-state index contributed by atoms with van der Waals surface area (Å²) in [5.74, 6) is 0.103. The number of nitrogens with one attached hydrogen (secondary N) is 1. The van der Waals surface area contributed by atoms with Crippen molar-refractivity contribution in [2.24, 2.45) is 0 Å². The van der Waals surface area contributed by atoms with E-state index in [0.29, 0.717) is 23.7 Å². The van der Waals surface area contributed by atoms with Gasteiger partial charge < -0.3 is 15.0 Å². The van der Waals surface area contributed by atoms with E-state index in [-0.39, 0.29) is 24.5 Å². The lowest BCUT2D eigenvalue weighted by Crippen LogP contribution is -2.52. The summed E-state index contributed by atoms with van der Waals surface area (Å²) in [6.45, 7) is 7.83. The minimum atomic E-state index is -0.691. The van der Waals surface area contributed by atoms with Crippen LogP contribution in [-0.2, 0) is 22.6 Å². The third-order valence-electron chi connectivity index (χ3n) is 5.67. The van der Waals surface area contributed by atoms with Crippen LogP contribution in [0.2, 0.25) is 5.02 Å². The summed E-state index contributed by atoms with van der Waals surface area (Å²) >= 11 is 6.11. The monoisotopic (exact) mass is 492 g/mol. The predicted octanol–water partition coefficient (Wildman–Crippen LogP) is 5.50. The Bertz CT molecular complexity index is 1130. The summed E-state index contributed by atoms with van der Waals surface area (Å²) in [4.78, 5) is 28.5. The summed E-state index contributed by atoms with van der Waals surface area (Å²) in [7, 11) is 0. The molecule has 3 rings (SSSR count). The molecule has 184 valence electrons.